The standard InChI is InChI=1S/C24H26Br4O2/c1-11-7-13(3)17(23(5,27)9-11)15-19(25)22(30)16(20(26)21(15)29)18-14(4)8-12(2)10-24(18,6)28/h7-10,17-18,29-30H,1-6H3. The summed E-state index contributed by atoms with van der Waals surface area (Å²) in [6.45, 7) is 12.4. The minimum absolute atomic E-state index is 0.146. The van der Waals surface area contributed by atoms with E-state index in [1.165, 1.54) is 11.1 Å². The summed E-state index contributed by atoms with van der Waals surface area (Å²) in [5.74, 6) is 0.00137. The molecule has 4 atom stereocenters. The van der Waals surface area contributed by atoms with Gasteiger partial charge in [-0.1, -0.05) is 78.5 Å². The summed E-state index contributed by atoms with van der Waals surface area (Å²) in [6.07, 6.45) is 8.53. The molecule has 0 bridgehead atoms. The Hall–Kier alpha value is -0.300. The second-order valence-corrected chi connectivity index (χ2v) is 13.9. The van der Waals surface area contributed by atoms with Crippen LogP contribution in [0.2, 0.25) is 0 Å². The van der Waals surface area contributed by atoms with Crippen molar-refractivity contribution in [1.29, 1.82) is 0 Å². The van der Waals surface area contributed by atoms with E-state index in [1.807, 2.05) is 0 Å². The summed E-state index contributed by atoms with van der Waals surface area (Å²) in [5.41, 5.74) is 5.89. The van der Waals surface area contributed by atoms with Gasteiger partial charge >= 0.3 is 0 Å². The van der Waals surface area contributed by atoms with Gasteiger partial charge in [0, 0.05) is 23.0 Å². The highest BCUT2D eigenvalue weighted by atomic mass is 79.9. The van der Waals surface area contributed by atoms with Crippen molar-refractivity contribution in [3.8, 4) is 11.5 Å². The lowest BCUT2D eigenvalue weighted by molar-refractivity contribution is 0.430. The molecule has 0 aliphatic heterocycles. The smallest absolute Gasteiger partial charge is 0.135 e. The summed E-state index contributed by atoms with van der Waals surface area (Å²) < 4.78 is 0.260. The number of rotatable bonds is 2. The predicted molar refractivity (Wildman–Crippen MR) is 140 cm³/mol. The minimum atomic E-state index is -0.395. The van der Waals surface area contributed by atoms with Gasteiger partial charge in [0.1, 0.15) is 11.5 Å². The van der Waals surface area contributed by atoms with E-state index >= 15 is 0 Å². The van der Waals surface area contributed by atoms with Crippen molar-refractivity contribution in [1.82, 2.24) is 0 Å². The third-order valence-corrected chi connectivity index (χ3v) is 8.93. The van der Waals surface area contributed by atoms with Crippen molar-refractivity contribution in [2.24, 2.45) is 0 Å². The number of hydrogen-bond acceptors (Lipinski definition) is 2. The third-order valence-electron chi connectivity index (χ3n) is 5.95. The molecule has 0 spiro atoms. The molecule has 0 saturated carbocycles. The topological polar surface area (TPSA) is 40.5 Å². The molecule has 162 valence electrons. The van der Waals surface area contributed by atoms with Crippen LogP contribution in [-0.4, -0.2) is 18.9 Å². The van der Waals surface area contributed by atoms with Gasteiger partial charge in [-0.3, -0.25) is 0 Å². The number of aromatic hydroxyl groups is 2. The SMILES string of the molecule is CC1=CC(C)(Br)C(c2c(O)c(Br)c(C3C(C)=CC(C)=CC3(C)Br)c(O)c2Br)C(C)=C1. The first-order valence-corrected chi connectivity index (χ1v) is 12.9. The molecule has 0 heterocycles. The van der Waals surface area contributed by atoms with Crippen molar-refractivity contribution in [2.75, 3.05) is 0 Å². The van der Waals surface area contributed by atoms with Gasteiger partial charge in [-0.2, -0.15) is 0 Å². The molecule has 0 fully saturated rings. The van der Waals surface area contributed by atoms with Crippen molar-refractivity contribution in [3.05, 3.63) is 66.7 Å². The van der Waals surface area contributed by atoms with E-state index in [2.05, 4.69) is 130 Å². The number of benzene rings is 1. The fraction of sp³-hybridized carbons (Fsp3) is 0.417. The molecule has 6 heteroatoms. The quantitative estimate of drug-likeness (QED) is 0.245. The lowest BCUT2D eigenvalue weighted by Crippen LogP contribution is -2.30. The Morgan fingerprint density at radius 1 is 0.700 bits per heavy atom. The maximum atomic E-state index is 11.4. The zero-order chi connectivity index (χ0) is 22.8. The number of hydrogen-bond donors (Lipinski definition) is 2. The first kappa shape index (κ1) is 24.3. The first-order valence-electron chi connectivity index (χ1n) is 9.74. The van der Waals surface area contributed by atoms with E-state index in [0.29, 0.717) is 20.1 Å². The fourth-order valence-electron chi connectivity index (χ4n) is 5.16. The van der Waals surface area contributed by atoms with Crippen LogP contribution >= 0.6 is 63.7 Å². The summed E-state index contributed by atoms with van der Waals surface area (Å²) in [6, 6.07) is 0. The summed E-state index contributed by atoms with van der Waals surface area (Å²) in [5, 5.41) is 22.8. The highest BCUT2D eigenvalue weighted by Crippen LogP contribution is 2.58. The van der Waals surface area contributed by atoms with Crippen LogP contribution in [0.5, 0.6) is 11.5 Å². The van der Waals surface area contributed by atoms with Crippen LogP contribution in [0.15, 0.2) is 55.5 Å². The Bertz CT molecular complexity index is 930. The van der Waals surface area contributed by atoms with Crippen molar-refractivity contribution < 1.29 is 10.2 Å². The van der Waals surface area contributed by atoms with Gasteiger partial charge in [-0.15, -0.1) is 0 Å². The van der Waals surface area contributed by atoms with Gasteiger partial charge in [0.25, 0.3) is 0 Å². The fourth-order valence-corrected chi connectivity index (χ4v) is 8.32. The second-order valence-electron chi connectivity index (χ2n) is 8.87. The number of phenolic OH excluding ortho intramolecular Hbond substituents is 2. The lowest BCUT2D eigenvalue weighted by Gasteiger charge is -2.39. The molecule has 30 heavy (non-hydrogen) atoms. The molecule has 2 N–H and O–H groups in total. The molecule has 2 aliphatic carbocycles. The Morgan fingerprint density at radius 3 is 1.27 bits per heavy atom. The lowest BCUT2D eigenvalue weighted by atomic mass is 9.74. The largest absolute Gasteiger partial charge is 0.506 e. The number of allylic oxidation sites excluding steroid dienone is 8. The average molecular weight is 666 g/mol. The molecule has 4 unspecified atom stereocenters. The van der Waals surface area contributed by atoms with E-state index in [9.17, 15) is 10.2 Å². The molecular formula is C24H26Br4O2. The Labute approximate surface area is 212 Å². The van der Waals surface area contributed by atoms with Crippen LogP contribution < -0.4 is 0 Å². The summed E-state index contributed by atoms with van der Waals surface area (Å²) in [7, 11) is 0. The molecule has 3 rings (SSSR count). The van der Waals surface area contributed by atoms with E-state index in [-0.39, 0.29) is 23.3 Å². The molecule has 0 saturated heterocycles. The summed E-state index contributed by atoms with van der Waals surface area (Å²) >= 11 is 15.0. The zero-order valence-corrected chi connectivity index (χ0v) is 24.2. The summed E-state index contributed by atoms with van der Waals surface area (Å²) in [4.78, 5) is 0. The molecular weight excluding hydrogens is 640 g/mol. The van der Waals surface area contributed by atoms with Crippen molar-refractivity contribution in [3.63, 3.8) is 0 Å². The number of phenols is 2. The van der Waals surface area contributed by atoms with E-state index in [4.69, 9.17) is 0 Å². The van der Waals surface area contributed by atoms with Gasteiger partial charge in [0.2, 0.25) is 0 Å². The van der Waals surface area contributed by atoms with Crippen LogP contribution in [0.25, 0.3) is 0 Å². The first-order chi connectivity index (χ1) is 13.7. The van der Waals surface area contributed by atoms with Crippen molar-refractivity contribution in [2.45, 2.75) is 62.0 Å². The molecule has 2 nitrogen and oxygen atoms in total. The maximum Gasteiger partial charge on any atom is 0.135 e. The molecule has 0 radical (unpaired) electrons. The third kappa shape index (κ3) is 4.06. The average Bonchev–Trinajstić information content (AvgIpc) is 2.56. The molecule has 1 aromatic carbocycles. The van der Waals surface area contributed by atoms with Crippen LogP contribution in [0.4, 0.5) is 0 Å². The highest BCUT2D eigenvalue weighted by Gasteiger charge is 2.43. The minimum Gasteiger partial charge on any atom is -0.506 e. The molecule has 0 amide bonds. The van der Waals surface area contributed by atoms with E-state index in [0.717, 1.165) is 11.1 Å². The Morgan fingerprint density at radius 2 is 1.00 bits per heavy atom. The van der Waals surface area contributed by atoms with E-state index in [1.54, 1.807) is 0 Å². The van der Waals surface area contributed by atoms with Crippen LogP contribution in [0, 0.1) is 0 Å². The van der Waals surface area contributed by atoms with Crippen LogP contribution in [0.1, 0.15) is 64.5 Å². The second kappa shape index (κ2) is 8.24. The Balaban J connectivity index is 2.27. The van der Waals surface area contributed by atoms with Gasteiger partial charge in [-0.05, 0) is 73.4 Å². The normalized spacial score (nSPS) is 31.7. The van der Waals surface area contributed by atoms with Crippen molar-refractivity contribution >= 4 is 63.7 Å². The Kier molecular flexibility index (Phi) is 6.69. The van der Waals surface area contributed by atoms with Gasteiger partial charge in [0.15, 0.2) is 0 Å². The van der Waals surface area contributed by atoms with Gasteiger partial charge in [-0.25, -0.2) is 0 Å². The maximum absolute atomic E-state index is 11.4. The molecule has 2 aliphatic rings. The van der Waals surface area contributed by atoms with Gasteiger partial charge < -0.3 is 10.2 Å². The molecule has 0 aromatic heterocycles. The van der Waals surface area contributed by atoms with E-state index < -0.39 is 8.65 Å². The highest BCUT2D eigenvalue weighted by molar-refractivity contribution is 9.11. The zero-order valence-electron chi connectivity index (χ0n) is 17.9. The monoisotopic (exact) mass is 662 g/mol. The van der Waals surface area contributed by atoms with Gasteiger partial charge in [0.05, 0.1) is 17.6 Å². The van der Waals surface area contributed by atoms with Crippen LogP contribution in [0.3, 0.4) is 0 Å². The number of alkyl halides is 2. The molecule has 1 aromatic rings. The van der Waals surface area contributed by atoms with Crippen LogP contribution in [-0.2, 0) is 0 Å². The predicted octanol–water partition coefficient (Wildman–Crippen LogP) is 8.91. The number of halogens is 4.